The Morgan fingerprint density at radius 3 is 3.00 bits per heavy atom. The van der Waals surface area contributed by atoms with E-state index in [2.05, 4.69) is 0 Å². The first kappa shape index (κ1) is 10.6. The summed E-state index contributed by atoms with van der Waals surface area (Å²) in [5.74, 6) is 2.48. The highest BCUT2D eigenvalue weighted by Crippen LogP contribution is 2.16. The molecule has 0 aliphatic heterocycles. The first-order valence-corrected chi connectivity index (χ1v) is 5.29. The molecule has 0 aliphatic rings. The van der Waals surface area contributed by atoms with Crippen molar-refractivity contribution < 1.29 is 9.52 Å². The van der Waals surface area contributed by atoms with E-state index in [9.17, 15) is 0 Å². The molecule has 0 saturated heterocycles. The first-order chi connectivity index (χ1) is 6.14. The van der Waals surface area contributed by atoms with Gasteiger partial charge in [-0.25, -0.2) is 0 Å². The maximum atomic E-state index is 8.89. The van der Waals surface area contributed by atoms with Crippen molar-refractivity contribution in [2.45, 2.75) is 18.2 Å². The summed E-state index contributed by atoms with van der Waals surface area (Å²) in [5, 5.41) is 8.89. The van der Waals surface area contributed by atoms with Gasteiger partial charge in [0.05, 0.1) is 18.6 Å². The predicted molar refractivity (Wildman–Crippen MR) is 54.5 cm³/mol. The van der Waals surface area contributed by atoms with Crippen LogP contribution < -0.4 is 5.73 Å². The highest BCUT2D eigenvalue weighted by Gasteiger charge is 2.16. The second kappa shape index (κ2) is 4.69. The molecule has 0 bridgehead atoms. The van der Waals surface area contributed by atoms with Crippen LogP contribution in [0.15, 0.2) is 22.8 Å². The molecule has 0 radical (unpaired) electrons. The number of hydrogen-bond donors (Lipinski definition) is 2. The molecule has 0 saturated carbocycles. The fourth-order valence-electron chi connectivity index (χ4n) is 0.825. The molecule has 1 unspecified atom stereocenters. The highest BCUT2D eigenvalue weighted by molar-refractivity contribution is 7.98. The van der Waals surface area contributed by atoms with Crippen molar-refractivity contribution >= 4 is 11.8 Å². The van der Waals surface area contributed by atoms with Gasteiger partial charge >= 0.3 is 0 Å². The molecule has 1 aromatic heterocycles. The van der Waals surface area contributed by atoms with Gasteiger partial charge in [-0.3, -0.25) is 0 Å². The minimum absolute atomic E-state index is 0.0121. The molecule has 0 fully saturated rings. The molecule has 13 heavy (non-hydrogen) atoms. The van der Waals surface area contributed by atoms with Crippen molar-refractivity contribution in [1.29, 1.82) is 0 Å². The van der Waals surface area contributed by atoms with Gasteiger partial charge < -0.3 is 15.3 Å². The Bertz CT molecular complexity index is 234. The number of furan rings is 1. The lowest BCUT2D eigenvalue weighted by atomic mass is 10.1. The third kappa shape index (κ3) is 3.85. The number of aliphatic hydroxyl groups excluding tert-OH is 1. The molecule has 0 aliphatic carbocycles. The van der Waals surface area contributed by atoms with Crippen molar-refractivity contribution in [3.8, 4) is 0 Å². The smallest absolute Gasteiger partial charge is 0.113 e. The standard InChI is InChI=1S/C9H15NO2S/c1-9(10,6-11)7-13-5-8-3-2-4-12-8/h2-4,11H,5-7,10H2,1H3. The molecule has 3 N–H and O–H groups in total. The molecule has 0 amide bonds. The van der Waals surface area contributed by atoms with Gasteiger partial charge in [-0.15, -0.1) is 0 Å². The molecule has 0 spiro atoms. The molecule has 1 heterocycles. The van der Waals surface area contributed by atoms with Crippen molar-refractivity contribution in [2.24, 2.45) is 5.73 Å². The lowest BCUT2D eigenvalue weighted by Crippen LogP contribution is -2.42. The Morgan fingerprint density at radius 1 is 1.69 bits per heavy atom. The number of rotatable bonds is 5. The van der Waals surface area contributed by atoms with Crippen LogP contribution in [-0.4, -0.2) is 23.0 Å². The van der Waals surface area contributed by atoms with E-state index >= 15 is 0 Å². The Labute approximate surface area is 82.3 Å². The largest absolute Gasteiger partial charge is 0.468 e. The van der Waals surface area contributed by atoms with E-state index in [1.54, 1.807) is 18.0 Å². The minimum atomic E-state index is -0.489. The number of thioether (sulfide) groups is 1. The first-order valence-electron chi connectivity index (χ1n) is 4.14. The Hall–Kier alpha value is -0.450. The van der Waals surface area contributed by atoms with Gasteiger partial charge in [0.2, 0.25) is 0 Å². The van der Waals surface area contributed by atoms with Crippen LogP contribution >= 0.6 is 11.8 Å². The second-order valence-electron chi connectivity index (χ2n) is 3.38. The zero-order valence-electron chi connectivity index (χ0n) is 7.69. The predicted octanol–water partition coefficient (Wildman–Crippen LogP) is 1.22. The van der Waals surface area contributed by atoms with Crippen LogP contribution in [-0.2, 0) is 5.75 Å². The maximum Gasteiger partial charge on any atom is 0.113 e. The van der Waals surface area contributed by atoms with E-state index in [0.717, 1.165) is 17.3 Å². The number of nitrogens with two attached hydrogens (primary N) is 1. The molecule has 1 rings (SSSR count). The van der Waals surface area contributed by atoms with Crippen LogP contribution in [0.1, 0.15) is 12.7 Å². The Morgan fingerprint density at radius 2 is 2.46 bits per heavy atom. The van der Waals surface area contributed by atoms with Crippen LogP contribution in [0.4, 0.5) is 0 Å². The van der Waals surface area contributed by atoms with Gasteiger partial charge in [0.25, 0.3) is 0 Å². The van der Waals surface area contributed by atoms with Crippen LogP contribution in [0, 0.1) is 0 Å². The average molecular weight is 201 g/mol. The highest BCUT2D eigenvalue weighted by atomic mass is 32.2. The summed E-state index contributed by atoms with van der Waals surface area (Å²) in [7, 11) is 0. The lowest BCUT2D eigenvalue weighted by molar-refractivity contribution is 0.224. The van der Waals surface area contributed by atoms with Gasteiger partial charge in [-0.2, -0.15) is 11.8 Å². The fraction of sp³-hybridized carbons (Fsp3) is 0.556. The molecule has 4 heteroatoms. The van der Waals surface area contributed by atoms with Gasteiger partial charge in [0, 0.05) is 11.3 Å². The zero-order valence-corrected chi connectivity index (χ0v) is 8.51. The number of hydrogen-bond acceptors (Lipinski definition) is 4. The van der Waals surface area contributed by atoms with E-state index in [-0.39, 0.29) is 6.61 Å². The quantitative estimate of drug-likeness (QED) is 0.752. The fourth-order valence-corrected chi connectivity index (χ4v) is 1.85. The summed E-state index contributed by atoms with van der Waals surface area (Å²) < 4.78 is 5.16. The maximum absolute atomic E-state index is 8.89. The van der Waals surface area contributed by atoms with E-state index < -0.39 is 5.54 Å². The molecule has 74 valence electrons. The summed E-state index contributed by atoms with van der Waals surface area (Å²) in [6.45, 7) is 1.85. The minimum Gasteiger partial charge on any atom is -0.468 e. The summed E-state index contributed by atoms with van der Waals surface area (Å²) in [6.07, 6.45) is 1.66. The summed E-state index contributed by atoms with van der Waals surface area (Å²) in [6, 6.07) is 3.80. The zero-order chi connectivity index (χ0) is 9.73. The third-order valence-electron chi connectivity index (χ3n) is 1.62. The van der Waals surface area contributed by atoms with Crippen LogP contribution in [0.3, 0.4) is 0 Å². The van der Waals surface area contributed by atoms with Crippen molar-refractivity contribution in [1.82, 2.24) is 0 Å². The van der Waals surface area contributed by atoms with Crippen molar-refractivity contribution in [3.63, 3.8) is 0 Å². The van der Waals surface area contributed by atoms with E-state index in [1.807, 2.05) is 19.1 Å². The van der Waals surface area contributed by atoms with Gasteiger partial charge in [-0.1, -0.05) is 0 Å². The normalized spacial score (nSPS) is 15.6. The Kier molecular flexibility index (Phi) is 3.84. The van der Waals surface area contributed by atoms with Gasteiger partial charge in [0.15, 0.2) is 0 Å². The van der Waals surface area contributed by atoms with Crippen LogP contribution in [0.2, 0.25) is 0 Å². The van der Waals surface area contributed by atoms with Crippen molar-refractivity contribution in [2.75, 3.05) is 12.4 Å². The van der Waals surface area contributed by atoms with E-state index in [1.165, 1.54) is 0 Å². The molecule has 3 nitrogen and oxygen atoms in total. The molecule has 1 atom stereocenters. The Balaban J connectivity index is 2.21. The molecular formula is C9H15NO2S. The topological polar surface area (TPSA) is 59.4 Å². The van der Waals surface area contributed by atoms with Crippen molar-refractivity contribution in [3.05, 3.63) is 24.2 Å². The van der Waals surface area contributed by atoms with Crippen LogP contribution in [0.25, 0.3) is 0 Å². The lowest BCUT2D eigenvalue weighted by Gasteiger charge is -2.20. The number of aliphatic hydroxyl groups is 1. The molecule has 1 aromatic rings. The molecule has 0 aromatic carbocycles. The van der Waals surface area contributed by atoms with E-state index in [4.69, 9.17) is 15.3 Å². The summed E-state index contributed by atoms with van der Waals surface area (Å²) in [4.78, 5) is 0. The monoisotopic (exact) mass is 201 g/mol. The third-order valence-corrected chi connectivity index (χ3v) is 2.97. The summed E-state index contributed by atoms with van der Waals surface area (Å²) >= 11 is 1.66. The average Bonchev–Trinajstić information content (AvgIpc) is 2.57. The van der Waals surface area contributed by atoms with E-state index in [0.29, 0.717) is 0 Å². The molecular weight excluding hydrogens is 186 g/mol. The van der Waals surface area contributed by atoms with Crippen LogP contribution in [0.5, 0.6) is 0 Å². The second-order valence-corrected chi connectivity index (χ2v) is 4.37. The van der Waals surface area contributed by atoms with Gasteiger partial charge in [-0.05, 0) is 19.1 Å². The van der Waals surface area contributed by atoms with Gasteiger partial charge in [0.1, 0.15) is 5.76 Å². The SMILES string of the molecule is CC(N)(CO)CSCc1ccco1. The summed E-state index contributed by atoms with van der Waals surface area (Å²) in [5.41, 5.74) is 5.27.